The molecule has 0 amide bonds. The molecule has 0 saturated heterocycles. The SMILES string of the molecule is OCC#Cc1ccc2nc(-c3ccco3)nc(N[C@H]3CC[C@H](O)CC3)c2c1. The van der Waals surface area contributed by atoms with Crippen LogP contribution in [0.15, 0.2) is 41.0 Å². The predicted molar refractivity (Wildman–Crippen MR) is 103 cm³/mol. The smallest absolute Gasteiger partial charge is 0.198 e. The number of aliphatic hydroxyl groups excluding tert-OH is 2. The third-order valence-electron chi connectivity index (χ3n) is 4.79. The molecule has 3 aromatic rings. The number of benzene rings is 1. The molecule has 1 aliphatic carbocycles. The van der Waals surface area contributed by atoms with Gasteiger partial charge in [-0.3, -0.25) is 0 Å². The highest BCUT2D eigenvalue weighted by Gasteiger charge is 2.21. The largest absolute Gasteiger partial charge is 0.461 e. The fourth-order valence-corrected chi connectivity index (χ4v) is 3.39. The molecule has 2 heterocycles. The van der Waals surface area contributed by atoms with Crippen LogP contribution in [0.3, 0.4) is 0 Å². The first-order valence-corrected chi connectivity index (χ1v) is 9.13. The van der Waals surface area contributed by atoms with Gasteiger partial charge in [-0.25, -0.2) is 9.97 Å². The summed E-state index contributed by atoms with van der Waals surface area (Å²) in [7, 11) is 0. The minimum Gasteiger partial charge on any atom is -0.461 e. The van der Waals surface area contributed by atoms with Crippen molar-refractivity contribution in [2.24, 2.45) is 0 Å². The van der Waals surface area contributed by atoms with Crippen molar-refractivity contribution < 1.29 is 14.6 Å². The molecule has 1 aromatic carbocycles. The number of furan rings is 1. The first-order chi connectivity index (χ1) is 13.2. The van der Waals surface area contributed by atoms with Crippen LogP contribution < -0.4 is 5.32 Å². The molecule has 1 saturated carbocycles. The van der Waals surface area contributed by atoms with Crippen molar-refractivity contribution in [2.75, 3.05) is 11.9 Å². The molecular weight excluding hydrogens is 342 g/mol. The molecule has 6 heteroatoms. The zero-order chi connectivity index (χ0) is 18.6. The lowest BCUT2D eigenvalue weighted by atomic mass is 9.93. The Morgan fingerprint density at radius 1 is 1.15 bits per heavy atom. The highest BCUT2D eigenvalue weighted by Crippen LogP contribution is 2.29. The standard InChI is InChI=1S/C21H21N3O3/c25-11-1-3-14-5-10-18-17(13-14)20(22-15-6-8-16(26)9-7-15)24-21(23-18)19-4-2-12-27-19/h2,4-5,10,12-13,15-16,25-26H,6-9,11H2,(H,22,23,24)/t15-,16-. The molecule has 27 heavy (non-hydrogen) atoms. The third-order valence-corrected chi connectivity index (χ3v) is 4.79. The van der Waals surface area contributed by atoms with E-state index in [1.54, 1.807) is 6.26 Å². The Kier molecular flexibility index (Phi) is 5.05. The molecule has 0 spiro atoms. The summed E-state index contributed by atoms with van der Waals surface area (Å²) in [6, 6.07) is 9.62. The highest BCUT2D eigenvalue weighted by atomic mass is 16.3. The molecule has 4 rings (SSSR count). The molecule has 6 nitrogen and oxygen atoms in total. The number of nitrogens with zero attached hydrogens (tertiary/aromatic N) is 2. The van der Waals surface area contributed by atoms with Crippen LogP contribution in [-0.2, 0) is 0 Å². The molecule has 1 fully saturated rings. The van der Waals surface area contributed by atoms with Crippen molar-refractivity contribution >= 4 is 16.7 Å². The van der Waals surface area contributed by atoms with Crippen molar-refractivity contribution in [1.29, 1.82) is 0 Å². The lowest BCUT2D eigenvalue weighted by molar-refractivity contribution is 0.126. The Bertz CT molecular complexity index is 981. The predicted octanol–water partition coefficient (Wildman–Crippen LogP) is 2.95. The quantitative estimate of drug-likeness (QED) is 0.620. The van der Waals surface area contributed by atoms with Gasteiger partial charge in [-0.15, -0.1) is 0 Å². The molecule has 0 radical (unpaired) electrons. The Hall–Kier alpha value is -2.88. The molecule has 0 aliphatic heterocycles. The summed E-state index contributed by atoms with van der Waals surface area (Å²) in [5, 5.41) is 23.1. The van der Waals surface area contributed by atoms with Gasteiger partial charge in [0, 0.05) is 17.0 Å². The van der Waals surface area contributed by atoms with E-state index in [-0.39, 0.29) is 18.8 Å². The molecule has 1 aliphatic rings. The normalized spacial score (nSPS) is 19.5. The molecule has 0 bridgehead atoms. The van der Waals surface area contributed by atoms with Gasteiger partial charge in [-0.1, -0.05) is 11.8 Å². The average molecular weight is 363 g/mol. The molecule has 0 unspecified atom stereocenters. The highest BCUT2D eigenvalue weighted by molar-refractivity contribution is 5.91. The maximum atomic E-state index is 9.75. The minimum absolute atomic E-state index is 0.179. The Labute approximate surface area is 157 Å². The van der Waals surface area contributed by atoms with Crippen molar-refractivity contribution in [3.05, 3.63) is 42.2 Å². The van der Waals surface area contributed by atoms with Gasteiger partial charge >= 0.3 is 0 Å². The van der Waals surface area contributed by atoms with Crippen LogP contribution in [-0.4, -0.2) is 38.9 Å². The summed E-state index contributed by atoms with van der Waals surface area (Å²) in [4.78, 5) is 9.32. The third kappa shape index (κ3) is 3.95. The fraction of sp³-hybridized carbons (Fsp3) is 0.333. The van der Waals surface area contributed by atoms with Crippen LogP contribution in [0, 0.1) is 11.8 Å². The number of rotatable bonds is 3. The second-order valence-electron chi connectivity index (χ2n) is 6.71. The first-order valence-electron chi connectivity index (χ1n) is 9.13. The summed E-state index contributed by atoms with van der Waals surface area (Å²) < 4.78 is 5.47. The van der Waals surface area contributed by atoms with E-state index >= 15 is 0 Å². The summed E-state index contributed by atoms with van der Waals surface area (Å²) in [5.74, 6) is 7.48. The van der Waals surface area contributed by atoms with Gasteiger partial charge in [0.2, 0.25) is 0 Å². The van der Waals surface area contributed by atoms with Crippen LogP contribution in [0.25, 0.3) is 22.5 Å². The number of hydrogen-bond donors (Lipinski definition) is 3. The van der Waals surface area contributed by atoms with E-state index in [4.69, 9.17) is 14.5 Å². The van der Waals surface area contributed by atoms with Gasteiger partial charge < -0.3 is 19.9 Å². The molecule has 0 atom stereocenters. The van der Waals surface area contributed by atoms with E-state index in [1.165, 1.54) is 0 Å². The van der Waals surface area contributed by atoms with Crippen LogP contribution in [0.5, 0.6) is 0 Å². The zero-order valence-corrected chi connectivity index (χ0v) is 14.9. The number of anilines is 1. The minimum atomic E-state index is -0.204. The maximum absolute atomic E-state index is 9.75. The van der Waals surface area contributed by atoms with E-state index in [1.807, 2.05) is 30.3 Å². The van der Waals surface area contributed by atoms with Crippen LogP contribution in [0.4, 0.5) is 5.82 Å². The first kappa shape index (κ1) is 17.5. The molecule has 138 valence electrons. The summed E-state index contributed by atoms with van der Waals surface area (Å²) in [6.07, 6.45) is 4.77. The van der Waals surface area contributed by atoms with Gasteiger partial charge in [-0.05, 0) is 56.0 Å². The van der Waals surface area contributed by atoms with E-state index in [0.29, 0.717) is 11.6 Å². The monoisotopic (exact) mass is 363 g/mol. The Morgan fingerprint density at radius 3 is 2.74 bits per heavy atom. The second kappa shape index (κ2) is 7.78. The summed E-state index contributed by atoms with van der Waals surface area (Å²) >= 11 is 0. The van der Waals surface area contributed by atoms with Crippen LogP contribution >= 0.6 is 0 Å². The van der Waals surface area contributed by atoms with Crippen LogP contribution in [0.1, 0.15) is 31.2 Å². The zero-order valence-electron chi connectivity index (χ0n) is 14.9. The summed E-state index contributed by atoms with van der Waals surface area (Å²) in [6.45, 7) is -0.179. The topological polar surface area (TPSA) is 91.4 Å². The van der Waals surface area contributed by atoms with Gasteiger partial charge in [0.05, 0.1) is 17.9 Å². The lowest BCUT2D eigenvalue weighted by Gasteiger charge is -2.27. The number of aromatic nitrogens is 2. The van der Waals surface area contributed by atoms with Gasteiger partial charge in [-0.2, -0.15) is 0 Å². The number of fused-ring (bicyclic) bond motifs is 1. The maximum Gasteiger partial charge on any atom is 0.198 e. The van der Waals surface area contributed by atoms with Gasteiger partial charge in [0.1, 0.15) is 12.4 Å². The molecule has 3 N–H and O–H groups in total. The number of nitrogens with one attached hydrogen (secondary N) is 1. The van der Waals surface area contributed by atoms with Crippen LogP contribution in [0.2, 0.25) is 0 Å². The Morgan fingerprint density at radius 2 is 2.00 bits per heavy atom. The number of aliphatic hydroxyl groups is 2. The average Bonchev–Trinajstić information content (AvgIpc) is 3.23. The Balaban J connectivity index is 1.76. The van der Waals surface area contributed by atoms with E-state index in [9.17, 15) is 5.11 Å². The summed E-state index contributed by atoms with van der Waals surface area (Å²) in [5.41, 5.74) is 1.59. The van der Waals surface area contributed by atoms with Crippen molar-refractivity contribution in [2.45, 2.75) is 37.8 Å². The van der Waals surface area contributed by atoms with Gasteiger partial charge in [0.15, 0.2) is 11.6 Å². The lowest BCUT2D eigenvalue weighted by Crippen LogP contribution is -2.28. The second-order valence-corrected chi connectivity index (χ2v) is 6.71. The van der Waals surface area contributed by atoms with E-state index in [2.05, 4.69) is 22.1 Å². The van der Waals surface area contributed by atoms with E-state index < -0.39 is 0 Å². The molecular formula is C21H21N3O3. The molecule has 2 aromatic heterocycles. The van der Waals surface area contributed by atoms with Crippen molar-refractivity contribution in [3.63, 3.8) is 0 Å². The van der Waals surface area contributed by atoms with Crippen molar-refractivity contribution in [3.8, 4) is 23.4 Å². The van der Waals surface area contributed by atoms with E-state index in [0.717, 1.165) is 48.0 Å². The van der Waals surface area contributed by atoms with Crippen molar-refractivity contribution in [1.82, 2.24) is 9.97 Å². The number of hydrogen-bond acceptors (Lipinski definition) is 6. The fourth-order valence-electron chi connectivity index (χ4n) is 3.39. The van der Waals surface area contributed by atoms with Gasteiger partial charge in [0.25, 0.3) is 0 Å².